The maximum atomic E-state index is 12.6. The largest absolute Gasteiger partial charge is 0.508 e. The molecule has 0 bridgehead atoms. The molecule has 3 fully saturated rings. The Bertz CT molecular complexity index is 772. The van der Waals surface area contributed by atoms with E-state index in [4.69, 9.17) is 9.47 Å². The summed E-state index contributed by atoms with van der Waals surface area (Å²) >= 11 is 0. The molecule has 0 aromatic heterocycles. The number of ether oxygens (including phenoxy) is 2. The van der Waals surface area contributed by atoms with Crippen molar-refractivity contribution in [2.75, 3.05) is 6.61 Å². The zero-order valence-corrected chi connectivity index (χ0v) is 22.9. The third kappa shape index (κ3) is 5.82. The van der Waals surface area contributed by atoms with Gasteiger partial charge in [0.15, 0.2) is 5.78 Å². The molecule has 0 heterocycles. The summed E-state index contributed by atoms with van der Waals surface area (Å²) in [7, 11) is 0. The van der Waals surface area contributed by atoms with Gasteiger partial charge in [0.2, 0.25) is 0 Å². The van der Waals surface area contributed by atoms with Gasteiger partial charge < -0.3 is 9.47 Å². The highest BCUT2D eigenvalue weighted by Gasteiger charge is 2.61. The molecule has 4 rings (SSSR count). The minimum atomic E-state index is -0.456. The van der Waals surface area contributed by atoms with Crippen LogP contribution >= 0.6 is 0 Å². The number of hydrogen-bond acceptors (Lipinski definition) is 4. The molecule has 0 N–H and O–H groups in total. The van der Waals surface area contributed by atoms with Crippen LogP contribution in [0.1, 0.15) is 118 Å². The zero-order chi connectivity index (χ0) is 25.0. The van der Waals surface area contributed by atoms with Crippen LogP contribution in [0, 0.1) is 40.9 Å². The first-order chi connectivity index (χ1) is 16.8. The number of ketones is 1. The Morgan fingerprint density at radius 1 is 0.971 bits per heavy atom. The summed E-state index contributed by atoms with van der Waals surface area (Å²) in [5, 5.41) is 0. The molecular formula is C31H50O4. The number of rotatable bonds is 10. The molecule has 0 spiro atoms. The molecule has 3 saturated carbocycles. The van der Waals surface area contributed by atoms with Gasteiger partial charge in [-0.3, -0.25) is 4.79 Å². The molecule has 4 aliphatic carbocycles. The van der Waals surface area contributed by atoms with Gasteiger partial charge in [-0.05, 0) is 80.1 Å². The highest BCUT2D eigenvalue weighted by atomic mass is 16.7. The van der Waals surface area contributed by atoms with Crippen LogP contribution in [0.2, 0.25) is 0 Å². The molecule has 4 aliphatic rings. The van der Waals surface area contributed by atoms with E-state index in [-0.39, 0.29) is 11.5 Å². The Kier molecular flexibility index (Phi) is 9.03. The summed E-state index contributed by atoms with van der Waals surface area (Å²) in [6.07, 6.45) is 17.4. The van der Waals surface area contributed by atoms with E-state index < -0.39 is 6.16 Å². The summed E-state index contributed by atoms with van der Waals surface area (Å²) in [6, 6.07) is 0. The molecule has 0 radical (unpaired) electrons. The second-order valence-corrected chi connectivity index (χ2v) is 12.7. The van der Waals surface area contributed by atoms with Gasteiger partial charge in [-0.1, -0.05) is 78.2 Å². The number of allylic oxidation sites excluding steroid dienone is 1. The van der Waals surface area contributed by atoms with E-state index in [2.05, 4.69) is 27.7 Å². The minimum absolute atomic E-state index is 0.0287. The van der Waals surface area contributed by atoms with E-state index in [0.29, 0.717) is 47.9 Å². The average Bonchev–Trinajstić information content (AvgIpc) is 3.12. The topological polar surface area (TPSA) is 52.6 Å². The third-order valence-corrected chi connectivity index (χ3v) is 10.3. The predicted molar refractivity (Wildman–Crippen MR) is 140 cm³/mol. The summed E-state index contributed by atoms with van der Waals surface area (Å²) < 4.78 is 11.5. The molecule has 35 heavy (non-hydrogen) atoms. The fourth-order valence-electron chi connectivity index (χ4n) is 8.82. The fourth-order valence-corrected chi connectivity index (χ4v) is 8.82. The lowest BCUT2D eigenvalue weighted by Gasteiger charge is -2.58. The lowest BCUT2D eigenvalue weighted by Crippen LogP contribution is -2.54. The van der Waals surface area contributed by atoms with Crippen molar-refractivity contribution in [1.29, 1.82) is 0 Å². The smallest absolute Gasteiger partial charge is 0.434 e. The van der Waals surface area contributed by atoms with Crippen LogP contribution in [0.4, 0.5) is 4.79 Å². The monoisotopic (exact) mass is 486 g/mol. The number of hydrogen-bond donors (Lipinski definition) is 0. The van der Waals surface area contributed by atoms with Crippen molar-refractivity contribution in [2.45, 2.75) is 124 Å². The normalized spacial score (nSPS) is 38.2. The van der Waals surface area contributed by atoms with E-state index in [0.717, 1.165) is 51.4 Å². The van der Waals surface area contributed by atoms with Gasteiger partial charge in [0, 0.05) is 11.8 Å². The van der Waals surface area contributed by atoms with Gasteiger partial charge in [-0.25, -0.2) is 4.79 Å². The van der Waals surface area contributed by atoms with Gasteiger partial charge in [0.05, 0.1) is 6.61 Å². The van der Waals surface area contributed by atoms with Gasteiger partial charge in [-0.2, -0.15) is 0 Å². The first kappa shape index (κ1) is 26.7. The number of carbonyl (C=O) groups excluding carboxylic acids is 2. The average molecular weight is 487 g/mol. The first-order valence-electron chi connectivity index (χ1n) is 14.9. The molecule has 0 aliphatic heterocycles. The minimum Gasteiger partial charge on any atom is -0.434 e. The van der Waals surface area contributed by atoms with Crippen LogP contribution in [0.25, 0.3) is 0 Å². The van der Waals surface area contributed by atoms with Crippen molar-refractivity contribution >= 4 is 11.9 Å². The van der Waals surface area contributed by atoms with Crippen LogP contribution < -0.4 is 0 Å². The van der Waals surface area contributed by atoms with Crippen molar-refractivity contribution in [3.8, 4) is 0 Å². The lowest BCUT2D eigenvalue weighted by atomic mass is 9.47. The summed E-state index contributed by atoms with van der Waals surface area (Å²) in [6.45, 7) is 9.93. The van der Waals surface area contributed by atoms with E-state index in [1.165, 1.54) is 44.1 Å². The van der Waals surface area contributed by atoms with Crippen LogP contribution in [0.15, 0.2) is 11.6 Å². The van der Waals surface area contributed by atoms with E-state index in [9.17, 15) is 9.59 Å². The van der Waals surface area contributed by atoms with Gasteiger partial charge in [0.25, 0.3) is 0 Å². The van der Waals surface area contributed by atoms with Crippen LogP contribution in [0.5, 0.6) is 0 Å². The van der Waals surface area contributed by atoms with Crippen molar-refractivity contribution < 1.29 is 19.1 Å². The molecule has 0 unspecified atom stereocenters. The number of carbonyl (C=O) groups is 2. The second kappa shape index (κ2) is 11.8. The summed E-state index contributed by atoms with van der Waals surface area (Å²) in [4.78, 5) is 24.7. The molecular weight excluding hydrogens is 436 g/mol. The van der Waals surface area contributed by atoms with Crippen molar-refractivity contribution in [3.63, 3.8) is 0 Å². The lowest BCUT2D eigenvalue weighted by molar-refractivity contribution is -0.119. The molecule has 0 aromatic carbocycles. The maximum Gasteiger partial charge on any atom is 0.508 e. The second-order valence-electron chi connectivity index (χ2n) is 12.7. The molecule has 0 saturated heterocycles. The van der Waals surface area contributed by atoms with Crippen LogP contribution in [-0.4, -0.2) is 24.6 Å². The quantitative estimate of drug-likeness (QED) is 0.230. The van der Waals surface area contributed by atoms with E-state index in [1.807, 2.05) is 6.08 Å². The standard InChI is InChI=1S/C31H50O4/c1-5-6-7-8-9-10-11-12-17-34-30(33)35-27-16-15-26-29-21(2)18-23-19-24(32)13-14-25(23)28(29)22(3)20-31(26,27)4/h19,21-22,25-29H,5-18,20H2,1-4H3/t21-,22-,25-,26-,27-,28+,29-,31-/m0/s1. The highest BCUT2D eigenvalue weighted by molar-refractivity contribution is 5.91. The zero-order valence-electron chi connectivity index (χ0n) is 22.9. The van der Waals surface area contributed by atoms with Crippen LogP contribution in [-0.2, 0) is 14.3 Å². The molecule has 0 amide bonds. The Labute approximate surface area is 214 Å². The van der Waals surface area contributed by atoms with Crippen molar-refractivity contribution in [3.05, 3.63) is 11.6 Å². The SMILES string of the molecule is CCCCCCCCCCOC(=O)O[C@H]1CC[C@H]2[C@H]3[C@H]([C@@H](C)C[C@]12C)[C@H]1CCC(=O)C=C1C[C@@H]3C. The van der Waals surface area contributed by atoms with Crippen molar-refractivity contribution in [1.82, 2.24) is 0 Å². The maximum absolute atomic E-state index is 12.6. The van der Waals surface area contributed by atoms with Gasteiger partial charge >= 0.3 is 6.16 Å². The van der Waals surface area contributed by atoms with Gasteiger partial charge in [-0.15, -0.1) is 0 Å². The number of unbranched alkanes of at least 4 members (excludes halogenated alkanes) is 7. The van der Waals surface area contributed by atoms with Gasteiger partial charge in [0.1, 0.15) is 6.10 Å². The Morgan fingerprint density at radius 2 is 1.69 bits per heavy atom. The van der Waals surface area contributed by atoms with E-state index >= 15 is 0 Å². The summed E-state index contributed by atoms with van der Waals surface area (Å²) in [5.41, 5.74) is 1.47. The predicted octanol–water partition coefficient (Wildman–Crippen LogP) is 8.28. The highest BCUT2D eigenvalue weighted by Crippen LogP contribution is 2.65. The fraction of sp³-hybridized carbons (Fsp3) is 0.871. The Balaban J connectivity index is 1.28. The third-order valence-electron chi connectivity index (χ3n) is 10.3. The molecule has 198 valence electrons. The van der Waals surface area contributed by atoms with Crippen LogP contribution in [0.3, 0.4) is 0 Å². The van der Waals surface area contributed by atoms with Crippen molar-refractivity contribution in [2.24, 2.45) is 40.9 Å². The molecule has 4 heteroatoms. The molecule has 0 aromatic rings. The Morgan fingerprint density at radius 3 is 2.43 bits per heavy atom. The van der Waals surface area contributed by atoms with E-state index in [1.54, 1.807) is 0 Å². The number of fused-ring (bicyclic) bond motifs is 5. The molecule has 4 nitrogen and oxygen atoms in total. The Hall–Kier alpha value is -1.32. The first-order valence-corrected chi connectivity index (χ1v) is 14.9. The molecule has 8 atom stereocenters. The summed E-state index contributed by atoms with van der Waals surface area (Å²) in [5.74, 6) is 4.03.